The van der Waals surface area contributed by atoms with Gasteiger partial charge in [0.15, 0.2) is 0 Å². The van der Waals surface area contributed by atoms with Crippen LogP contribution in [0.1, 0.15) is 0 Å². The molecule has 1 aromatic heterocycles. The van der Waals surface area contributed by atoms with E-state index in [1.165, 1.54) is 0 Å². The highest BCUT2D eigenvalue weighted by molar-refractivity contribution is 5.87. The first-order valence-corrected chi connectivity index (χ1v) is 6.22. The normalized spacial score (nSPS) is 15.5. The maximum Gasteiger partial charge on any atom is 0.416 e. The molecule has 0 saturated carbocycles. The topological polar surface area (TPSA) is 67.3 Å². The minimum Gasteiger partial charge on any atom is -0.389 e. The molecular weight excluding hydrogens is 244 g/mol. The predicted octanol–water partition coefficient (Wildman–Crippen LogP) is 1.03. The molecule has 1 aliphatic rings. The fourth-order valence-corrected chi connectivity index (χ4v) is 2.07. The first kappa shape index (κ1) is 11.9. The van der Waals surface area contributed by atoms with E-state index in [2.05, 4.69) is 15.5 Å². The highest BCUT2D eigenvalue weighted by Gasteiger charge is 2.19. The highest BCUT2D eigenvalue weighted by atomic mass is 16.6. The zero-order valence-electron chi connectivity index (χ0n) is 10.4. The summed E-state index contributed by atoms with van der Waals surface area (Å²) in [5, 5.41) is 12.6. The maximum absolute atomic E-state index is 12.0. The lowest BCUT2D eigenvalue weighted by Crippen LogP contribution is -2.47. The van der Waals surface area contributed by atoms with Gasteiger partial charge in [-0.3, -0.25) is 0 Å². The number of nitrogens with zero attached hydrogens (tertiary/aromatic N) is 3. The van der Waals surface area contributed by atoms with Crippen molar-refractivity contribution < 1.29 is 9.53 Å². The predicted molar refractivity (Wildman–Crippen MR) is 70.0 cm³/mol. The molecule has 1 N–H and O–H groups in total. The third-order valence-electron chi connectivity index (χ3n) is 3.10. The summed E-state index contributed by atoms with van der Waals surface area (Å²) in [5.41, 5.74) is 0. The van der Waals surface area contributed by atoms with Crippen LogP contribution in [0.5, 0.6) is 5.88 Å². The average Bonchev–Trinajstić information content (AvgIpc) is 2.48. The summed E-state index contributed by atoms with van der Waals surface area (Å²) < 4.78 is 5.35. The molecule has 0 spiro atoms. The highest BCUT2D eigenvalue weighted by Crippen LogP contribution is 2.21. The number of fused-ring (bicyclic) bond motifs is 1. The van der Waals surface area contributed by atoms with Crippen LogP contribution in [0.3, 0.4) is 0 Å². The lowest BCUT2D eigenvalue weighted by atomic mass is 10.2. The van der Waals surface area contributed by atoms with Gasteiger partial charge < -0.3 is 15.0 Å². The molecule has 6 heteroatoms. The van der Waals surface area contributed by atoms with Crippen LogP contribution in [0, 0.1) is 0 Å². The second-order valence-corrected chi connectivity index (χ2v) is 4.34. The van der Waals surface area contributed by atoms with Gasteiger partial charge in [-0.2, -0.15) is 5.10 Å². The van der Waals surface area contributed by atoms with E-state index in [1.54, 1.807) is 11.1 Å². The van der Waals surface area contributed by atoms with Crippen LogP contribution in [-0.4, -0.2) is 47.4 Å². The number of aromatic nitrogens is 2. The first-order valence-electron chi connectivity index (χ1n) is 6.22. The average molecular weight is 258 g/mol. The van der Waals surface area contributed by atoms with Gasteiger partial charge >= 0.3 is 6.09 Å². The van der Waals surface area contributed by atoms with Gasteiger partial charge in [-0.1, -0.05) is 18.2 Å². The molecule has 0 bridgehead atoms. The number of hydrogen-bond donors (Lipinski definition) is 1. The van der Waals surface area contributed by atoms with E-state index in [4.69, 9.17) is 4.74 Å². The van der Waals surface area contributed by atoms with Crippen molar-refractivity contribution in [1.82, 2.24) is 20.4 Å². The van der Waals surface area contributed by atoms with Gasteiger partial charge in [-0.25, -0.2) is 4.79 Å². The molecule has 19 heavy (non-hydrogen) atoms. The fourth-order valence-electron chi connectivity index (χ4n) is 2.07. The summed E-state index contributed by atoms with van der Waals surface area (Å²) in [6.45, 7) is 2.88. The SMILES string of the molecule is O=C(Oc1nncc2ccccc12)N1CCNCC1. The Labute approximate surface area is 110 Å². The van der Waals surface area contributed by atoms with Crippen LogP contribution in [0.4, 0.5) is 4.79 Å². The number of ether oxygens (including phenoxy) is 1. The largest absolute Gasteiger partial charge is 0.416 e. The summed E-state index contributed by atoms with van der Waals surface area (Å²) >= 11 is 0. The molecule has 98 valence electrons. The number of nitrogens with one attached hydrogen (secondary N) is 1. The molecule has 1 amide bonds. The van der Waals surface area contributed by atoms with Gasteiger partial charge in [0.25, 0.3) is 5.88 Å². The van der Waals surface area contributed by atoms with Crippen molar-refractivity contribution in [2.24, 2.45) is 0 Å². The quantitative estimate of drug-likeness (QED) is 0.827. The van der Waals surface area contributed by atoms with Crippen LogP contribution in [0.25, 0.3) is 10.8 Å². The molecule has 0 unspecified atom stereocenters. The molecule has 2 aromatic rings. The summed E-state index contributed by atoms with van der Waals surface area (Å²) in [6, 6.07) is 7.56. The minimum absolute atomic E-state index is 0.265. The molecular formula is C13H14N4O2. The number of benzene rings is 1. The summed E-state index contributed by atoms with van der Waals surface area (Å²) in [4.78, 5) is 13.7. The molecule has 1 aromatic carbocycles. The van der Waals surface area contributed by atoms with Gasteiger partial charge in [-0.15, -0.1) is 5.10 Å². The van der Waals surface area contributed by atoms with Crippen LogP contribution >= 0.6 is 0 Å². The minimum atomic E-state index is -0.368. The third kappa shape index (κ3) is 2.48. The van der Waals surface area contributed by atoms with E-state index in [9.17, 15) is 4.79 Å². The van der Waals surface area contributed by atoms with Gasteiger partial charge in [0.05, 0.1) is 6.20 Å². The Morgan fingerprint density at radius 3 is 2.89 bits per heavy atom. The second-order valence-electron chi connectivity index (χ2n) is 4.34. The van der Waals surface area contributed by atoms with Gasteiger partial charge in [-0.05, 0) is 6.07 Å². The number of hydrogen-bond acceptors (Lipinski definition) is 5. The lowest BCUT2D eigenvalue weighted by molar-refractivity contribution is 0.144. The fraction of sp³-hybridized carbons (Fsp3) is 0.308. The molecule has 1 saturated heterocycles. The lowest BCUT2D eigenvalue weighted by Gasteiger charge is -2.26. The van der Waals surface area contributed by atoms with E-state index in [-0.39, 0.29) is 12.0 Å². The molecule has 3 rings (SSSR count). The number of rotatable bonds is 1. The number of piperazine rings is 1. The van der Waals surface area contributed by atoms with Crippen molar-refractivity contribution in [3.05, 3.63) is 30.5 Å². The van der Waals surface area contributed by atoms with E-state index < -0.39 is 0 Å². The zero-order chi connectivity index (χ0) is 13.1. The second kappa shape index (κ2) is 5.19. The van der Waals surface area contributed by atoms with Crippen LogP contribution < -0.4 is 10.1 Å². The van der Waals surface area contributed by atoms with Gasteiger partial charge in [0.2, 0.25) is 0 Å². The van der Waals surface area contributed by atoms with Crippen molar-refractivity contribution in [2.75, 3.05) is 26.2 Å². The Kier molecular flexibility index (Phi) is 3.24. The van der Waals surface area contributed by atoms with Crippen LogP contribution in [0.2, 0.25) is 0 Å². The van der Waals surface area contributed by atoms with E-state index in [0.717, 1.165) is 23.9 Å². The Morgan fingerprint density at radius 2 is 2.05 bits per heavy atom. The Bertz CT molecular complexity index is 591. The van der Waals surface area contributed by atoms with Gasteiger partial charge in [0.1, 0.15) is 0 Å². The third-order valence-corrected chi connectivity index (χ3v) is 3.10. The number of carbonyl (C=O) groups is 1. The summed E-state index contributed by atoms with van der Waals surface area (Å²) in [6.07, 6.45) is 1.28. The monoisotopic (exact) mass is 258 g/mol. The van der Waals surface area contributed by atoms with Crippen molar-refractivity contribution in [3.63, 3.8) is 0 Å². The van der Waals surface area contributed by atoms with Gasteiger partial charge in [0, 0.05) is 37.0 Å². The molecule has 0 atom stereocenters. The summed E-state index contributed by atoms with van der Waals surface area (Å²) in [7, 11) is 0. The van der Waals surface area contributed by atoms with E-state index >= 15 is 0 Å². The zero-order valence-corrected chi connectivity index (χ0v) is 10.4. The Morgan fingerprint density at radius 1 is 1.26 bits per heavy atom. The molecule has 6 nitrogen and oxygen atoms in total. The smallest absolute Gasteiger partial charge is 0.389 e. The molecule has 2 heterocycles. The Balaban J connectivity index is 1.82. The Hall–Kier alpha value is -2.21. The molecule has 0 aliphatic carbocycles. The van der Waals surface area contributed by atoms with Crippen molar-refractivity contribution in [2.45, 2.75) is 0 Å². The maximum atomic E-state index is 12.0. The van der Waals surface area contributed by atoms with Crippen LogP contribution in [0.15, 0.2) is 30.5 Å². The van der Waals surface area contributed by atoms with Crippen molar-refractivity contribution >= 4 is 16.9 Å². The van der Waals surface area contributed by atoms with Crippen LogP contribution in [-0.2, 0) is 0 Å². The number of amides is 1. The summed E-state index contributed by atoms with van der Waals surface area (Å²) in [5.74, 6) is 0.265. The molecule has 0 radical (unpaired) electrons. The number of carbonyl (C=O) groups excluding carboxylic acids is 1. The van der Waals surface area contributed by atoms with E-state index in [1.807, 2.05) is 24.3 Å². The molecule has 1 aliphatic heterocycles. The van der Waals surface area contributed by atoms with Crippen molar-refractivity contribution in [3.8, 4) is 5.88 Å². The van der Waals surface area contributed by atoms with Crippen molar-refractivity contribution in [1.29, 1.82) is 0 Å². The molecule has 1 fully saturated rings. The van der Waals surface area contributed by atoms with E-state index in [0.29, 0.717) is 13.1 Å². The first-order chi connectivity index (χ1) is 9.34. The standard InChI is InChI=1S/C13H14N4O2/c18-13(17-7-5-14-6-8-17)19-12-11-4-2-1-3-10(11)9-15-16-12/h1-4,9,14H,5-8H2.